The van der Waals surface area contributed by atoms with Crippen LogP contribution < -0.4 is 5.32 Å². The lowest BCUT2D eigenvalue weighted by Crippen LogP contribution is -2.41. The standard InChI is InChI=1S/C16H22N2/c1-12-7-9-13(10-8-12)14-6-5-11-17-15(14)18-16(2,3)4/h6-10H,5,11H2,1-4H3,(H,17,18). The number of dihydropyridines is 1. The van der Waals surface area contributed by atoms with E-state index in [1.807, 2.05) is 0 Å². The molecule has 96 valence electrons. The van der Waals surface area contributed by atoms with Crippen molar-refractivity contribution >= 4 is 11.4 Å². The molecule has 0 bridgehead atoms. The van der Waals surface area contributed by atoms with E-state index in [2.05, 4.69) is 68.3 Å². The third kappa shape index (κ3) is 3.22. The highest BCUT2D eigenvalue weighted by molar-refractivity contribution is 6.23. The molecule has 0 saturated heterocycles. The van der Waals surface area contributed by atoms with Gasteiger partial charge in [-0.05, 0) is 39.7 Å². The largest absolute Gasteiger partial charge is 0.365 e. The van der Waals surface area contributed by atoms with E-state index in [0.29, 0.717) is 0 Å². The Morgan fingerprint density at radius 1 is 1.11 bits per heavy atom. The third-order valence-electron chi connectivity index (χ3n) is 2.86. The predicted molar refractivity (Wildman–Crippen MR) is 79.0 cm³/mol. The van der Waals surface area contributed by atoms with E-state index < -0.39 is 0 Å². The Balaban J connectivity index is 2.27. The average Bonchev–Trinajstić information content (AvgIpc) is 2.29. The number of benzene rings is 1. The SMILES string of the molecule is Cc1ccc(C2=CCCN=C2NC(C)(C)C)cc1. The van der Waals surface area contributed by atoms with Crippen molar-refractivity contribution in [1.29, 1.82) is 0 Å². The second-order valence-corrected chi connectivity index (χ2v) is 5.88. The van der Waals surface area contributed by atoms with Gasteiger partial charge in [0, 0.05) is 17.7 Å². The zero-order valence-corrected chi connectivity index (χ0v) is 11.7. The molecule has 1 aromatic rings. The minimum Gasteiger partial charge on any atom is -0.365 e. The number of hydrogen-bond acceptors (Lipinski definition) is 2. The monoisotopic (exact) mass is 242 g/mol. The van der Waals surface area contributed by atoms with Gasteiger partial charge in [-0.2, -0.15) is 0 Å². The van der Waals surface area contributed by atoms with Gasteiger partial charge in [-0.25, -0.2) is 0 Å². The minimum atomic E-state index is 0.0416. The van der Waals surface area contributed by atoms with E-state index in [4.69, 9.17) is 0 Å². The van der Waals surface area contributed by atoms with Crippen LogP contribution in [-0.2, 0) is 0 Å². The maximum absolute atomic E-state index is 4.63. The van der Waals surface area contributed by atoms with E-state index in [1.165, 1.54) is 16.7 Å². The summed E-state index contributed by atoms with van der Waals surface area (Å²) in [6, 6.07) is 8.65. The minimum absolute atomic E-state index is 0.0416. The lowest BCUT2D eigenvalue weighted by atomic mass is 9.98. The maximum atomic E-state index is 4.63. The van der Waals surface area contributed by atoms with Crippen molar-refractivity contribution in [1.82, 2.24) is 5.32 Å². The molecule has 1 heterocycles. The Morgan fingerprint density at radius 3 is 2.39 bits per heavy atom. The Hall–Kier alpha value is -1.57. The van der Waals surface area contributed by atoms with Gasteiger partial charge in [0.1, 0.15) is 5.84 Å². The summed E-state index contributed by atoms with van der Waals surface area (Å²) in [5.41, 5.74) is 3.81. The third-order valence-corrected chi connectivity index (χ3v) is 2.86. The van der Waals surface area contributed by atoms with Gasteiger partial charge in [-0.15, -0.1) is 0 Å². The molecule has 0 saturated carbocycles. The van der Waals surface area contributed by atoms with Gasteiger partial charge in [0.2, 0.25) is 0 Å². The van der Waals surface area contributed by atoms with Crippen molar-refractivity contribution in [2.24, 2.45) is 4.99 Å². The van der Waals surface area contributed by atoms with Gasteiger partial charge >= 0.3 is 0 Å². The molecule has 0 aliphatic carbocycles. The Kier molecular flexibility index (Phi) is 3.55. The Morgan fingerprint density at radius 2 is 1.78 bits per heavy atom. The van der Waals surface area contributed by atoms with Crippen molar-refractivity contribution in [3.05, 3.63) is 41.5 Å². The van der Waals surface area contributed by atoms with Crippen LogP contribution in [0.5, 0.6) is 0 Å². The Bertz CT molecular complexity index is 473. The molecule has 2 nitrogen and oxygen atoms in total. The number of aliphatic imine (C=N–C) groups is 1. The molecule has 0 unspecified atom stereocenters. The summed E-state index contributed by atoms with van der Waals surface area (Å²) in [6.45, 7) is 9.49. The summed E-state index contributed by atoms with van der Waals surface area (Å²) in [4.78, 5) is 4.63. The highest BCUT2D eigenvalue weighted by atomic mass is 15.0. The molecule has 2 heteroatoms. The summed E-state index contributed by atoms with van der Waals surface area (Å²) in [7, 11) is 0. The molecule has 18 heavy (non-hydrogen) atoms. The summed E-state index contributed by atoms with van der Waals surface area (Å²) in [5, 5.41) is 3.50. The van der Waals surface area contributed by atoms with Crippen LogP contribution in [0.15, 0.2) is 35.3 Å². The summed E-state index contributed by atoms with van der Waals surface area (Å²) < 4.78 is 0. The van der Waals surface area contributed by atoms with Gasteiger partial charge < -0.3 is 5.32 Å². The molecule has 0 atom stereocenters. The van der Waals surface area contributed by atoms with Gasteiger partial charge in [-0.1, -0.05) is 35.9 Å². The van der Waals surface area contributed by atoms with E-state index in [0.717, 1.165) is 18.8 Å². The predicted octanol–water partition coefficient (Wildman–Crippen LogP) is 3.57. The molecule has 0 fully saturated rings. The van der Waals surface area contributed by atoms with E-state index in [-0.39, 0.29) is 5.54 Å². The first-order valence-corrected chi connectivity index (χ1v) is 6.56. The number of hydrogen-bond donors (Lipinski definition) is 1. The van der Waals surface area contributed by atoms with Crippen molar-refractivity contribution < 1.29 is 0 Å². The fourth-order valence-corrected chi connectivity index (χ4v) is 2.02. The van der Waals surface area contributed by atoms with E-state index >= 15 is 0 Å². The summed E-state index contributed by atoms with van der Waals surface area (Å²) in [6.07, 6.45) is 3.31. The van der Waals surface area contributed by atoms with Crippen molar-refractivity contribution in [2.75, 3.05) is 6.54 Å². The van der Waals surface area contributed by atoms with Gasteiger partial charge in [0.15, 0.2) is 0 Å². The fraction of sp³-hybridized carbons (Fsp3) is 0.438. The number of nitrogens with zero attached hydrogens (tertiary/aromatic N) is 1. The summed E-state index contributed by atoms with van der Waals surface area (Å²) in [5.74, 6) is 1.03. The lowest BCUT2D eigenvalue weighted by Gasteiger charge is -2.26. The number of aryl methyl sites for hydroxylation is 1. The number of nitrogens with one attached hydrogen (secondary N) is 1. The van der Waals surface area contributed by atoms with Crippen LogP contribution in [0.2, 0.25) is 0 Å². The normalized spacial score (nSPS) is 16.0. The molecular weight excluding hydrogens is 220 g/mol. The van der Waals surface area contributed by atoms with Crippen molar-refractivity contribution in [3.63, 3.8) is 0 Å². The zero-order valence-electron chi connectivity index (χ0n) is 11.7. The van der Waals surface area contributed by atoms with Crippen LogP contribution in [0.25, 0.3) is 5.57 Å². The molecule has 0 radical (unpaired) electrons. The van der Waals surface area contributed by atoms with Crippen LogP contribution in [0.4, 0.5) is 0 Å². The first-order valence-electron chi connectivity index (χ1n) is 6.56. The molecule has 0 aromatic heterocycles. The number of rotatable bonds is 1. The maximum Gasteiger partial charge on any atom is 0.128 e. The van der Waals surface area contributed by atoms with Crippen LogP contribution in [0, 0.1) is 6.92 Å². The lowest BCUT2D eigenvalue weighted by molar-refractivity contribution is 0.512. The topological polar surface area (TPSA) is 24.4 Å². The van der Waals surface area contributed by atoms with Gasteiger partial charge in [-0.3, -0.25) is 4.99 Å². The summed E-state index contributed by atoms with van der Waals surface area (Å²) >= 11 is 0. The van der Waals surface area contributed by atoms with Crippen LogP contribution in [0.3, 0.4) is 0 Å². The quantitative estimate of drug-likeness (QED) is 0.800. The average molecular weight is 242 g/mol. The molecule has 2 rings (SSSR count). The number of amidine groups is 1. The second-order valence-electron chi connectivity index (χ2n) is 5.88. The fourth-order valence-electron chi connectivity index (χ4n) is 2.02. The smallest absolute Gasteiger partial charge is 0.128 e. The molecule has 1 N–H and O–H groups in total. The molecule has 0 spiro atoms. The Labute approximate surface area is 110 Å². The second kappa shape index (κ2) is 4.97. The highest BCUT2D eigenvalue weighted by Crippen LogP contribution is 2.21. The van der Waals surface area contributed by atoms with Crippen molar-refractivity contribution in [2.45, 2.75) is 39.7 Å². The molecule has 1 aromatic carbocycles. The molecule has 1 aliphatic rings. The van der Waals surface area contributed by atoms with E-state index in [1.54, 1.807) is 0 Å². The molecule has 0 amide bonds. The van der Waals surface area contributed by atoms with E-state index in [9.17, 15) is 0 Å². The van der Waals surface area contributed by atoms with Crippen LogP contribution >= 0.6 is 0 Å². The first-order chi connectivity index (χ1) is 8.46. The molecular formula is C16H22N2. The van der Waals surface area contributed by atoms with Crippen LogP contribution in [-0.4, -0.2) is 17.9 Å². The van der Waals surface area contributed by atoms with Gasteiger partial charge in [0.25, 0.3) is 0 Å². The zero-order chi connectivity index (χ0) is 13.2. The van der Waals surface area contributed by atoms with Crippen molar-refractivity contribution in [3.8, 4) is 0 Å². The molecule has 1 aliphatic heterocycles. The van der Waals surface area contributed by atoms with Gasteiger partial charge in [0.05, 0.1) is 0 Å². The highest BCUT2D eigenvalue weighted by Gasteiger charge is 2.18. The first kappa shape index (κ1) is 12.9. The van der Waals surface area contributed by atoms with Crippen LogP contribution in [0.1, 0.15) is 38.3 Å².